The van der Waals surface area contributed by atoms with E-state index in [9.17, 15) is 41.8 Å². The van der Waals surface area contributed by atoms with Crippen LogP contribution in [0.4, 0.5) is 47.5 Å². The van der Waals surface area contributed by atoms with Crippen molar-refractivity contribution in [1.82, 2.24) is 10.6 Å². The summed E-state index contributed by atoms with van der Waals surface area (Å²) >= 11 is 0. The van der Waals surface area contributed by atoms with Gasteiger partial charge in [-0.1, -0.05) is 37.6 Å². The molecule has 2 amide bonds. The first-order valence-corrected chi connectivity index (χ1v) is 13.2. The van der Waals surface area contributed by atoms with Crippen LogP contribution in [0.5, 0.6) is 5.75 Å². The zero-order valence-corrected chi connectivity index (χ0v) is 20.1. The third-order valence-electron chi connectivity index (χ3n) is 6.19. The fraction of sp³-hybridized carbons (Fsp3) is 0.409. The number of ether oxygens (including phenoxy) is 2. The summed E-state index contributed by atoms with van der Waals surface area (Å²) in [6.07, 6.45) is -5.29. The highest BCUT2D eigenvalue weighted by Crippen LogP contribution is 3.02. The van der Waals surface area contributed by atoms with E-state index in [1.165, 1.54) is 24.3 Å². The first kappa shape index (κ1) is 28.2. The highest BCUT2D eigenvalue weighted by molar-refractivity contribution is 8.45. The number of para-hydroxylation sites is 1. The lowest BCUT2D eigenvalue weighted by atomic mass is 9.85. The molecule has 2 aliphatic heterocycles. The molecule has 2 aromatic rings. The second-order valence-corrected chi connectivity index (χ2v) is 11.3. The monoisotopic (exact) mass is 579 g/mol. The molecular formula is C22H22F9N3O3S. The number of rotatable bonds is 6. The number of anilines is 1. The van der Waals surface area contributed by atoms with Crippen LogP contribution in [0.3, 0.4) is 0 Å². The molecule has 2 fully saturated rings. The Labute approximate surface area is 210 Å². The standard InChI is InChI=1S/C22H22F9N3O3S/c23-15-12-13(38(27,28,29,30)31)7-8-16(15)33-20(35)34-17-5-3-10-32-19(17)37-18-6-2-1-4-14(18)21(9-11-36-21)22(24,25)26/h1-2,4,6-8,12,17,19,32H,3,5,9-11H2,(H2,33,34,35). The van der Waals surface area contributed by atoms with E-state index >= 15 is 0 Å². The van der Waals surface area contributed by atoms with Crippen molar-refractivity contribution in [2.24, 2.45) is 0 Å². The molecule has 0 bridgehead atoms. The van der Waals surface area contributed by atoms with Crippen LogP contribution in [0.2, 0.25) is 0 Å². The van der Waals surface area contributed by atoms with Gasteiger partial charge in [-0.3, -0.25) is 5.32 Å². The minimum Gasteiger partial charge on any atom is -0.473 e. The number of urea groups is 1. The number of amides is 2. The van der Waals surface area contributed by atoms with E-state index in [1.54, 1.807) is 0 Å². The first-order valence-electron chi connectivity index (χ1n) is 11.2. The molecular weight excluding hydrogens is 557 g/mol. The Bertz CT molecular complexity index is 1220. The van der Waals surface area contributed by atoms with Crippen molar-refractivity contribution in [2.45, 2.75) is 48.2 Å². The molecule has 2 aromatic carbocycles. The van der Waals surface area contributed by atoms with Gasteiger partial charge < -0.3 is 20.1 Å². The number of halogens is 9. The predicted octanol–water partition coefficient (Wildman–Crippen LogP) is 6.94. The lowest BCUT2D eigenvalue weighted by Crippen LogP contribution is -2.57. The van der Waals surface area contributed by atoms with Crippen molar-refractivity contribution in [3.05, 3.63) is 53.8 Å². The van der Waals surface area contributed by atoms with Crippen LogP contribution in [0.1, 0.15) is 24.8 Å². The number of carbonyl (C=O) groups is 1. The summed E-state index contributed by atoms with van der Waals surface area (Å²) in [6, 6.07) is 3.30. The van der Waals surface area contributed by atoms with Gasteiger partial charge in [-0.2, -0.15) is 13.2 Å². The number of hydrogen-bond donors (Lipinski definition) is 3. The highest BCUT2D eigenvalue weighted by Gasteiger charge is 2.65. The molecule has 2 aliphatic rings. The summed E-state index contributed by atoms with van der Waals surface area (Å²) in [7, 11) is -10.1. The Hall–Kier alpha value is -2.85. The van der Waals surface area contributed by atoms with Gasteiger partial charge in [0.05, 0.1) is 18.3 Å². The molecule has 3 N–H and O–H groups in total. The maximum Gasteiger partial charge on any atom is 0.421 e. The van der Waals surface area contributed by atoms with Crippen molar-refractivity contribution >= 4 is 21.9 Å². The Morgan fingerprint density at radius 3 is 2.37 bits per heavy atom. The Balaban J connectivity index is 1.49. The zero-order chi connectivity index (χ0) is 28.0. The van der Waals surface area contributed by atoms with E-state index in [-0.39, 0.29) is 36.8 Å². The number of hydrogen-bond acceptors (Lipinski definition) is 4. The van der Waals surface area contributed by atoms with Crippen LogP contribution in [-0.4, -0.2) is 37.6 Å². The normalized spacial score (nSPS) is 25.9. The molecule has 0 aromatic heterocycles. The summed E-state index contributed by atoms with van der Waals surface area (Å²) in [6.45, 7) is 0.289. The molecule has 4 rings (SSSR count). The van der Waals surface area contributed by atoms with Gasteiger partial charge >= 0.3 is 22.4 Å². The molecule has 6 nitrogen and oxygen atoms in total. The SMILES string of the molecule is O=C(Nc1ccc(S(F)(F)(F)(F)F)cc1F)NC1CCCNC1Oc1ccccc1C1(C(F)(F)F)CCO1. The summed E-state index contributed by atoms with van der Waals surface area (Å²) in [5, 5.41) is 7.28. The molecule has 0 spiro atoms. The number of carbonyl (C=O) groups excluding carboxylic acids is 1. The topological polar surface area (TPSA) is 71.6 Å². The molecule has 3 unspecified atom stereocenters. The highest BCUT2D eigenvalue weighted by atomic mass is 32.5. The first-order chi connectivity index (χ1) is 17.4. The van der Waals surface area contributed by atoms with Gasteiger partial charge in [0, 0.05) is 12.0 Å². The fourth-order valence-electron chi connectivity index (χ4n) is 4.23. The second kappa shape index (κ2) is 8.84. The second-order valence-electron chi connectivity index (χ2n) is 8.87. The quantitative estimate of drug-likeness (QED) is 0.325. The summed E-state index contributed by atoms with van der Waals surface area (Å²) in [5.74, 6) is -1.89. The van der Waals surface area contributed by atoms with Crippen molar-refractivity contribution in [2.75, 3.05) is 18.5 Å². The molecule has 212 valence electrons. The number of alkyl halides is 3. The molecule has 16 heteroatoms. The Morgan fingerprint density at radius 1 is 1.11 bits per heavy atom. The maximum absolute atomic E-state index is 14.1. The molecule has 2 saturated heterocycles. The van der Waals surface area contributed by atoms with E-state index in [4.69, 9.17) is 9.47 Å². The number of piperidine rings is 1. The van der Waals surface area contributed by atoms with Gasteiger partial charge in [0.2, 0.25) is 0 Å². The minimum absolute atomic E-state index is 0.0513. The molecule has 0 aliphatic carbocycles. The molecule has 38 heavy (non-hydrogen) atoms. The van der Waals surface area contributed by atoms with Gasteiger partial charge in [0.1, 0.15) is 16.5 Å². The van der Waals surface area contributed by atoms with Crippen molar-refractivity contribution < 1.29 is 51.3 Å². The Morgan fingerprint density at radius 2 is 1.79 bits per heavy atom. The van der Waals surface area contributed by atoms with Gasteiger partial charge in [-0.05, 0) is 43.7 Å². The van der Waals surface area contributed by atoms with E-state index in [1.807, 2.05) is 5.32 Å². The van der Waals surface area contributed by atoms with Crippen LogP contribution >= 0.6 is 10.2 Å². The molecule has 0 radical (unpaired) electrons. The molecule has 0 saturated carbocycles. The number of benzene rings is 2. The van der Waals surface area contributed by atoms with Crippen LogP contribution in [0, 0.1) is 5.82 Å². The summed E-state index contributed by atoms with van der Waals surface area (Å²) in [5.41, 5.74) is -3.59. The van der Waals surface area contributed by atoms with Crippen LogP contribution < -0.4 is 20.7 Å². The lowest BCUT2D eigenvalue weighted by molar-refractivity contribution is -0.334. The van der Waals surface area contributed by atoms with E-state index in [0.717, 1.165) is 0 Å². The summed E-state index contributed by atoms with van der Waals surface area (Å²) < 4.78 is 131. The predicted molar refractivity (Wildman–Crippen MR) is 120 cm³/mol. The maximum atomic E-state index is 14.1. The molecule has 3 atom stereocenters. The summed E-state index contributed by atoms with van der Waals surface area (Å²) in [4.78, 5) is 9.99. The third kappa shape index (κ3) is 5.76. The van der Waals surface area contributed by atoms with Crippen molar-refractivity contribution in [3.63, 3.8) is 0 Å². The van der Waals surface area contributed by atoms with Crippen molar-refractivity contribution in [3.8, 4) is 5.75 Å². The third-order valence-corrected chi connectivity index (χ3v) is 7.33. The zero-order valence-electron chi connectivity index (χ0n) is 19.3. The minimum atomic E-state index is -10.1. The fourth-order valence-corrected chi connectivity index (χ4v) is 4.88. The van der Waals surface area contributed by atoms with Gasteiger partial charge in [-0.15, -0.1) is 0 Å². The lowest BCUT2D eigenvalue weighted by Gasteiger charge is -2.44. The average Bonchev–Trinajstić information content (AvgIpc) is 2.74. The van der Waals surface area contributed by atoms with E-state index in [2.05, 4.69) is 10.6 Å². The smallest absolute Gasteiger partial charge is 0.421 e. The van der Waals surface area contributed by atoms with Gasteiger partial charge in [0.15, 0.2) is 11.8 Å². The van der Waals surface area contributed by atoms with E-state index < -0.39 is 62.8 Å². The van der Waals surface area contributed by atoms with Crippen molar-refractivity contribution in [1.29, 1.82) is 0 Å². The Kier molecular flexibility index (Phi) is 6.55. The number of nitrogens with one attached hydrogen (secondary N) is 3. The van der Waals surface area contributed by atoms with Gasteiger partial charge in [0.25, 0.3) is 0 Å². The van der Waals surface area contributed by atoms with Crippen LogP contribution in [-0.2, 0) is 10.3 Å². The van der Waals surface area contributed by atoms with Gasteiger partial charge in [-0.25, -0.2) is 9.18 Å². The molecule has 2 heterocycles. The average molecular weight is 579 g/mol. The largest absolute Gasteiger partial charge is 0.473 e. The van der Waals surface area contributed by atoms with Crippen LogP contribution in [0.15, 0.2) is 47.4 Å². The van der Waals surface area contributed by atoms with Crippen LogP contribution in [0.25, 0.3) is 0 Å². The van der Waals surface area contributed by atoms with E-state index in [0.29, 0.717) is 19.0 Å².